The van der Waals surface area contributed by atoms with Gasteiger partial charge in [-0.05, 0) is 0 Å². The maximum atomic E-state index is 2.52. The fourth-order valence-corrected chi connectivity index (χ4v) is 0. The van der Waals surface area contributed by atoms with Gasteiger partial charge < -0.3 is 0 Å². The van der Waals surface area contributed by atoms with Gasteiger partial charge in [-0.2, -0.15) is 0 Å². The molecule has 0 heterocycles. The summed E-state index contributed by atoms with van der Waals surface area (Å²) in [7, 11) is -0.683. The maximum Gasteiger partial charge on any atom is 0 e. The first-order valence-corrected chi connectivity index (χ1v) is 29.8. The summed E-state index contributed by atoms with van der Waals surface area (Å²) in [5, 5.41) is 0. The molecule has 0 atom stereocenters. The Bertz CT molecular complexity index is 11.6. The molecule has 0 bridgehead atoms. The Kier molecular flexibility index (Phi) is 19.1. The van der Waals surface area contributed by atoms with E-state index in [1.807, 2.05) is 0 Å². The van der Waals surface area contributed by atoms with Gasteiger partial charge in [0.2, 0.25) is 0 Å². The second kappa shape index (κ2) is 8.07. The smallest absolute Gasteiger partial charge is 0 e. The molecule has 0 aliphatic carbocycles. The van der Waals surface area contributed by atoms with E-state index in [9.17, 15) is 0 Å². The minimum atomic E-state index is -0.683. The van der Waals surface area contributed by atoms with Crippen LogP contribution in [0.3, 0.4) is 0 Å². The van der Waals surface area contributed by atoms with Crippen LogP contribution in [0.15, 0.2) is 0 Å². The van der Waals surface area contributed by atoms with Gasteiger partial charge in [-0.25, -0.2) is 0 Å². The first kappa shape index (κ1) is 11.8. The third-order valence-electron chi connectivity index (χ3n) is 0. The van der Waals surface area contributed by atoms with Crippen molar-refractivity contribution in [3.8, 4) is 0 Å². The van der Waals surface area contributed by atoms with Crippen LogP contribution in [0.4, 0.5) is 0 Å². The zero-order chi connectivity index (χ0) is 3.58. The fourth-order valence-electron chi connectivity index (χ4n) is 0. The van der Waals surface area contributed by atoms with E-state index in [0.29, 0.717) is 0 Å². The van der Waals surface area contributed by atoms with E-state index >= 15 is 0 Å². The van der Waals surface area contributed by atoms with Crippen molar-refractivity contribution in [2.75, 3.05) is 0 Å². The molecule has 5 heteroatoms. The van der Waals surface area contributed by atoms with E-state index in [0.717, 1.165) is 0 Å². The van der Waals surface area contributed by atoms with Gasteiger partial charge in [0, 0.05) is 29.6 Å². The van der Waals surface area contributed by atoms with Crippen molar-refractivity contribution in [1.82, 2.24) is 0 Å². The topological polar surface area (TPSA) is 0 Å². The molecule has 1 radical (unpaired) electrons. The van der Waals surface area contributed by atoms with Crippen molar-refractivity contribution < 1.29 is 0 Å². The van der Waals surface area contributed by atoms with Crippen molar-refractivity contribution in [2.24, 2.45) is 0 Å². The Balaban J connectivity index is 0. The van der Waals surface area contributed by atoms with Crippen molar-refractivity contribution in [1.29, 1.82) is 0 Å². The normalized spacial score (nSPS) is 7.20. The molecule has 27 valence electrons. The second-order valence-electron chi connectivity index (χ2n) is 0.192. The second-order valence-corrected chi connectivity index (χ2v) is 75.7. The maximum absolute atomic E-state index is 2.52. The van der Waals surface area contributed by atoms with Gasteiger partial charge in [-0.15, -0.1) is 0 Å². The van der Waals surface area contributed by atoms with Gasteiger partial charge in [0.1, 0.15) is 0 Å². The molecule has 0 spiro atoms. The number of rotatable bonds is 0. The van der Waals surface area contributed by atoms with E-state index in [2.05, 4.69) is 54.1 Å². The summed E-state index contributed by atoms with van der Waals surface area (Å²) in [4.78, 5) is 0. The van der Waals surface area contributed by atoms with Gasteiger partial charge in [0.05, 0.1) is 0 Å². The molecule has 0 amide bonds. The number of halogens is 3. The minimum Gasteiger partial charge on any atom is 0 e. The van der Waals surface area contributed by atoms with Crippen molar-refractivity contribution >= 4 is 92.9 Å². The molecule has 0 N–H and O–H groups in total. The first-order valence-electron chi connectivity index (χ1n) is 0.507. The van der Waals surface area contributed by atoms with Crippen molar-refractivity contribution in [3.05, 3.63) is 0 Å². The van der Waals surface area contributed by atoms with Crippen LogP contribution in [0.2, 0.25) is 0 Å². The quantitative estimate of drug-likeness (QED) is 0.290. The molecule has 0 fully saturated rings. The monoisotopic (exact) mass is 613 g/mol. The van der Waals surface area contributed by atoms with E-state index in [1.165, 1.54) is 0 Å². The van der Waals surface area contributed by atoms with Crippen LogP contribution in [-0.2, 0) is 0 Å². The van der Waals surface area contributed by atoms with E-state index in [4.69, 9.17) is 0 Å². The summed E-state index contributed by atoms with van der Waals surface area (Å²) < 4.78 is 0. The Hall–Kier alpha value is 4.07. The third-order valence-corrected chi connectivity index (χ3v) is 0. The summed E-state index contributed by atoms with van der Waals surface area (Å²) in [6, 6.07) is 0. The van der Waals surface area contributed by atoms with E-state index in [-0.39, 0.29) is 29.6 Å². The standard InChI is InChI=1S/Bi.3HI.Na/h;3*1H;/q+3;;;;/p-3. The largest absolute Gasteiger partial charge is 0 e. The van der Waals surface area contributed by atoms with Gasteiger partial charge in [0.15, 0.2) is 0 Å². The third kappa shape index (κ3) is 17.9. The Morgan fingerprint density at radius 1 is 1.00 bits per heavy atom. The van der Waals surface area contributed by atoms with E-state index < -0.39 is 9.18 Å². The van der Waals surface area contributed by atoms with Crippen molar-refractivity contribution in [2.45, 2.75) is 0 Å². The Morgan fingerprint density at radius 2 is 1.00 bits per heavy atom. The number of hydrogen-bond acceptors (Lipinski definition) is 0. The van der Waals surface area contributed by atoms with Crippen LogP contribution in [-0.4, -0.2) is 38.7 Å². The van der Waals surface area contributed by atoms with Gasteiger partial charge >= 0.3 is 63.3 Å². The molecule has 0 aromatic carbocycles. The summed E-state index contributed by atoms with van der Waals surface area (Å²) in [5.41, 5.74) is 0. The molecule has 0 saturated heterocycles. The zero-order valence-corrected chi connectivity index (χ0v) is 14.5. The SMILES string of the molecule is [I][Bi]([I])[I].[Na]. The summed E-state index contributed by atoms with van der Waals surface area (Å²) in [6.45, 7) is 0. The molecule has 0 unspecified atom stereocenters. The zero-order valence-electron chi connectivity index (χ0n) is 2.58. The summed E-state index contributed by atoms with van der Waals surface area (Å²) >= 11 is 7.56. The minimum absolute atomic E-state index is 0. The first-order chi connectivity index (χ1) is 1.73. The predicted octanol–water partition coefficient (Wildman–Crippen LogP) is 1.90. The molecule has 0 aromatic rings. The van der Waals surface area contributed by atoms with E-state index in [1.54, 1.807) is 0 Å². The molecule has 0 aliphatic rings. The average molecular weight is 613 g/mol. The molecule has 0 rings (SSSR count). The average Bonchev–Trinajstić information content (AvgIpc) is 0.811. The number of hydrogen-bond donors (Lipinski definition) is 0. The van der Waals surface area contributed by atoms with Crippen LogP contribution in [0, 0.1) is 0 Å². The van der Waals surface area contributed by atoms with Crippen LogP contribution < -0.4 is 0 Å². The molecule has 0 aliphatic heterocycles. The predicted molar refractivity (Wildman–Crippen MR) is 53.6 cm³/mol. The fraction of sp³-hybridized carbons (Fsp3) is 0. The summed E-state index contributed by atoms with van der Waals surface area (Å²) in [6.07, 6.45) is 0. The van der Waals surface area contributed by atoms with Crippen LogP contribution >= 0.6 is 54.1 Å². The molecule has 0 saturated carbocycles. The van der Waals surface area contributed by atoms with Gasteiger partial charge in [-0.1, -0.05) is 0 Å². The Morgan fingerprint density at radius 3 is 1.00 bits per heavy atom. The molecular formula is BiI3Na. The summed E-state index contributed by atoms with van der Waals surface area (Å²) in [5.74, 6) is 0. The molecule has 0 nitrogen and oxygen atoms in total. The Labute approximate surface area is 89.6 Å². The molecular weight excluding hydrogens is 613 g/mol. The van der Waals surface area contributed by atoms with Gasteiger partial charge in [0.25, 0.3) is 0 Å². The van der Waals surface area contributed by atoms with Gasteiger partial charge in [-0.3, -0.25) is 0 Å². The molecule has 0 aromatic heterocycles. The van der Waals surface area contributed by atoms with Crippen LogP contribution in [0.25, 0.3) is 0 Å². The van der Waals surface area contributed by atoms with Crippen LogP contribution in [0.5, 0.6) is 0 Å². The van der Waals surface area contributed by atoms with Crippen molar-refractivity contribution in [3.63, 3.8) is 0 Å². The van der Waals surface area contributed by atoms with Crippen LogP contribution in [0.1, 0.15) is 0 Å². The molecule has 5 heavy (non-hydrogen) atoms.